The highest BCUT2D eigenvalue weighted by Gasteiger charge is 2.32. The number of hydrogen-bond acceptors (Lipinski definition) is 3. The topological polar surface area (TPSA) is 41.3 Å². The van der Waals surface area contributed by atoms with Crippen molar-refractivity contribution in [1.29, 1.82) is 0 Å². The second-order valence-electron chi connectivity index (χ2n) is 5.45. The Hall–Kier alpha value is -0.120. The van der Waals surface area contributed by atoms with Gasteiger partial charge in [-0.1, -0.05) is 12.8 Å². The van der Waals surface area contributed by atoms with Crippen molar-refractivity contribution in [2.24, 2.45) is 11.7 Å². The standard InChI is InChI=1S/C12H25N3/c1-15-8-5-12(10-13,6-9-15)14-7-4-11-2-3-11/h11,14H,2-10,13H2,1H3. The fraction of sp³-hybridized carbons (Fsp3) is 1.00. The summed E-state index contributed by atoms with van der Waals surface area (Å²) in [5, 5.41) is 3.72. The molecule has 2 rings (SSSR count). The second-order valence-corrected chi connectivity index (χ2v) is 5.45. The molecule has 0 aromatic rings. The number of nitrogens with one attached hydrogen (secondary N) is 1. The highest BCUT2D eigenvalue weighted by atomic mass is 15.1. The average molecular weight is 211 g/mol. The molecule has 0 bridgehead atoms. The summed E-state index contributed by atoms with van der Waals surface area (Å²) in [6, 6.07) is 0. The zero-order chi connectivity index (χ0) is 10.7. The predicted molar refractivity (Wildman–Crippen MR) is 63.9 cm³/mol. The highest BCUT2D eigenvalue weighted by molar-refractivity contribution is 4.94. The van der Waals surface area contributed by atoms with E-state index in [9.17, 15) is 0 Å². The molecule has 0 radical (unpaired) electrons. The largest absolute Gasteiger partial charge is 0.329 e. The number of hydrogen-bond donors (Lipinski definition) is 2. The van der Waals surface area contributed by atoms with Gasteiger partial charge in [-0.15, -0.1) is 0 Å². The van der Waals surface area contributed by atoms with Gasteiger partial charge in [0.25, 0.3) is 0 Å². The van der Waals surface area contributed by atoms with E-state index in [1.807, 2.05) is 0 Å². The molecule has 3 nitrogen and oxygen atoms in total. The third kappa shape index (κ3) is 3.16. The quantitative estimate of drug-likeness (QED) is 0.707. The Morgan fingerprint density at radius 2 is 2.00 bits per heavy atom. The molecule has 2 fully saturated rings. The van der Waals surface area contributed by atoms with Crippen LogP contribution in [0.15, 0.2) is 0 Å². The van der Waals surface area contributed by atoms with Crippen molar-refractivity contribution >= 4 is 0 Å². The van der Waals surface area contributed by atoms with Gasteiger partial charge >= 0.3 is 0 Å². The van der Waals surface area contributed by atoms with Crippen molar-refractivity contribution in [3.8, 4) is 0 Å². The van der Waals surface area contributed by atoms with Crippen LogP contribution < -0.4 is 11.1 Å². The Labute approximate surface area is 93.4 Å². The minimum atomic E-state index is 0.251. The van der Waals surface area contributed by atoms with E-state index >= 15 is 0 Å². The van der Waals surface area contributed by atoms with E-state index in [1.165, 1.54) is 51.7 Å². The van der Waals surface area contributed by atoms with Crippen LogP contribution in [0.2, 0.25) is 0 Å². The van der Waals surface area contributed by atoms with Crippen LogP contribution >= 0.6 is 0 Å². The molecule has 1 saturated carbocycles. The van der Waals surface area contributed by atoms with E-state index < -0.39 is 0 Å². The van der Waals surface area contributed by atoms with Gasteiger partial charge in [0, 0.05) is 12.1 Å². The first-order valence-electron chi connectivity index (χ1n) is 6.38. The molecule has 3 heteroatoms. The fourth-order valence-corrected chi connectivity index (χ4v) is 2.45. The lowest BCUT2D eigenvalue weighted by molar-refractivity contribution is 0.161. The lowest BCUT2D eigenvalue weighted by atomic mass is 9.87. The normalized spacial score (nSPS) is 26.8. The van der Waals surface area contributed by atoms with Crippen LogP contribution in [-0.2, 0) is 0 Å². The van der Waals surface area contributed by atoms with Gasteiger partial charge in [-0.05, 0) is 51.9 Å². The molecule has 15 heavy (non-hydrogen) atoms. The molecule has 2 aliphatic rings. The zero-order valence-electron chi connectivity index (χ0n) is 9.97. The minimum absolute atomic E-state index is 0.251. The summed E-state index contributed by atoms with van der Waals surface area (Å²) in [5.74, 6) is 1.03. The maximum absolute atomic E-state index is 5.94. The molecule has 0 atom stereocenters. The molecule has 1 aliphatic carbocycles. The molecule has 0 aromatic carbocycles. The van der Waals surface area contributed by atoms with Crippen LogP contribution in [0.25, 0.3) is 0 Å². The summed E-state index contributed by atoms with van der Waals surface area (Å²) in [5.41, 5.74) is 6.19. The fourth-order valence-electron chi connectivity index (χ4n) is 2.45. The minimum Gasteiger partial charge on any atom is -0.329 e. The van der Waals surface area contributed by atoms with Crippen molar-refractivity contribution in [3.05, 3.63) is 0 Å². The highest BCUT2D eigenvalue weighted by Crippen LogP contribution is 2.32. The van der Waals surface area contributed by atoms with Gasteiger partial charge in [0.1, 0.15) is 0 Å². The lowest BCUT2D eigenvalue weighted by Gasteiger charge is -2.40. The predicted octanol–water partition coefficient (Wildman–Crippen LogP) is 0.799. The third-order valence-electron chi connectivity index (χ3n) is 4.08. The number of rotatable bonds is 5. The molecule has 88 valence electrons. The molecule has 0 amide bonds. The molecular formula is C12H25N3. The molecule has 0 spiro atoms. The first kappa shape index (κ1) is 11.4. The molecule has 1 aliphatic heterocycles. The lowest BCUT2D eigenvalue weighted by Crippen LogP contribution is -2.57. The van der Waals surface area contributed by atoms with Gasteiger partial charge in [-0.25, -0.2) is 0 Å². The smallest absolute Gasteiger partial charge is 0.0328 e. The summed E-state index contributed by atoms with van der Waals surface area (Å²) in [6.07, 6.45) is 6.70. The summed E-state index contributed by atoms with van der Waals surface area (Å²) in [4.78, 5) is 2.40. The Morgan fingerprint density at radius 1 is 1.33 bits per heavy atom. The van der Waals surface area contributed by atoms with E-state index in [4.69, 9.17) is 5.73 Å². The van der Waals surface area contributed by atoms with Crippen LogP contribution in [0, 0.1) is 5.92 Å². The van der Waals surface area contributed by atoms with Crippen LogP contribution in [0.3, 0.4) is 0 Å². The van der Waals surface area contributed by atoms with Crippen molar-refractivity contribution < 1.29 is 0 Å². The van der Waals surface area contributed by atoms with E-state index in [0.29, 0.717) is 0 Å². The van der Waals surface area contributed by atoms with E-state index in [-0.39, 0.29) is 5.54 Å². The van der Waals surface area contributed by atoms with Crippen LogP contribution in [0.4, 0.5) is 0 Å². The number of nitrogens with zero attached hydrogens (tertiary/aromatic N) is 1. The summed E-state index contributed by atoms with van der Waals surface area (Å²) >= 11 is 0. The van der Waals surface area contributed by atoms with Crippen molar-refractivity contribution in [2.75, 3.05) is 33.2 Å². The molecule has 0 unspecified atom stereocenters. The van der Waals surface area contributed by atoms with E-state index in [1.54, 1.807) is 0 Å². The summed E-state index contributed by atoms with van der Waals surface area (Å²) in [7, 11) is 2.20. The average Bonchev–Trinajstić information content (AvgIpc) is 3.06. The van der Waals surface area contributed by atoms with Crippen molar-refractivity contribution in [2.45, 2.75) is 37.6 Å². The zero-order valence-corrected chi connectivity index (χ0v) is 9.97. The van der Waals surface area contributed by atoms with Crippen LogP contribution in [0.5, 0.6) is 0 Å². The Bertz CT molecular complexity index is 193. The second kappa shape index (κ2) is 4.81. The van der Waals surface area contributed by atoms with Gasteiger partial charge in [0.05, 0.1) is 0 Å². The third-order valence-corrected chi connectivity index (χ3v) is 4.08. The van der Waals surface area contributed by atoms with Gasteiger partial charge < -0.3 is 16.0 Å². The molecule has 1 saturated heterocycles. The summed E-state index contributed by atoms with van der Waals surface area (Å²) in [6.45, 7) is 4.35. The van der Waals surface area contributed by atoms with Gasteiger partial charge in [-0.3, -0.25) is 0 Å². The summed E-state index contributed by atoms with van der Waals surface area (Å²) < 4.78 is 0. The van der Waals surface area contributed by atoms with Crippen molar-refractivity contribution in [3.63, 3.8) is 0 Å². The van der Waals surface area contributed by atoms with Gasteiger partial charge in [0.2, 0.25) is 0 Å². The molecular weight excluding hydrogens is 186 g/mol. The number of likely N-dealkylation sites (tertiary alicyclic amines) is 1. The number of piperidine rings is 1. The first-order chi connectivity index (χ1) is 7.24. The molecule has 1 heterocycles. The first-order valence-corrected chi connectivity index (χ1v) is 6.38. The van der Waals surface area contributed by atoms with Gasteiger partial charge in [-0.2, -0.15) is 0 Å². The Balaban J connectivity index is 1.73. The maximum Gasteiger partial charge on any atom is 0.0328 e. The van der Waals surface area contributed by atoms with E-state index in [2.05, 4.69) is 17.3 Å². The number of nitrogens with two attached hydrogens (primary N) is 1. The van der Waals surface area contributed by atoms with E-state index in [0.717, 1.165) is 12.5 Å². The van der Waals surface area contributed by atoms with Crippen LogP contribution in [-0.4, -0.2) is 43.7 Å². The van der Waals surface area contributed by atoms with Crippen LogP contribution in [0.1, 0.15) is 32.1 Å². The molecule has 0 aromatic heterocycles. The monoisotopic (exact) mass is 211 g/mol. The van der Waals surface area contributed by atoms with Crippen molar-refractivity contribution in [1.82, 2.24) is 10.2 Å². The SMILES string of the molecule is CN1CCC(CN)(NCCC2CC2)CC1. The molecule has 3 N–H and O–H groups in total. The Morgan fingerprint density at radius 3 is 2.53 bits per heavy atom. The maximum atomic E-state index is 5.94. The Kier molecular flexibility index (Phi) is 3.65. The van der Waals surface area contributed by atoms with Gasteiger partial charge in [0.15, 0.2) is 0 Å².